The average molecular weight is 269 g/mol. The number of pyridine rings is 1. The Hall–Kier alpha value is -2.36. The Morgan fingerprint density at radius 3 is 2.70 bits per heavy atom. The highest BCUT2D eigenvalue weighted by molar-refractivity contribution is 6.07. The van der Waals surface area contributed by atoms with E-state index in [1.807, 2.05) is 45.0 Å². The maximum Gasteiger partial charge on any atom is 0.259 e. The summed E-state index contributed by atoms with van der Waals surface area (Å²) in [5.41, 5.74) is 2.44. The van der Waals surface area contributed by atoms with Crippen molar-refractivity contribution in [3.63, 3.8) is 0 Å². The van der Waals surface area contributed by atoms with Crippen molar-refractivity contribution in [2.24, 2.45) is 0 Å². The highest BCUT2D eigenvalue weighted by Gasteiger charge is 2.13. The van der Waals surface area contributed by atoms with Gasteiger partial charge in [0.25, 0.3) is 5.91 Å². The standard InChI is InChI=1S/C16H19N3O/c1-11(2)18-15-14(8-5-9-17-15)16(20)19-13-7-4-6-12(3)10-13/h4-11H,1-3H3,(H,17,18)(H,19,20). The smallest absolute Gasteiger partial charge is 0.259 e. The first-order valence-electron chi connectivity index (χ1n) is 6.66. The van der Waals surface area contributed by atoms with Crippen LogP contribution in [0.4, 0.5) is 11.5 Å². The Labute approximate surface area is 119 Å². The van der Waals surface area contributed by atoms with Crippen LogP contribution in [0.1, 0.15) is 29.8 Å². The summed E-state index contributed by atoms with van der Waals surface area (Å²) in [5.74, 6) is 0.444. The summed E-state index contributed by atoms with van der Waals surface area (Å²) in [6, 6.07) is 11.5. The fourth-order valence-corrected chi connectivity index (χ4v) is 1.90. The van der Waals surface area contributed by atoms with E-state index in [4.69, 9.17) is 0 Å². The molecule has 20 heavy (non-hydrogen) atoms. The van der Waals surface area contributed by atoms with Crippen LogP contribution in [0.3, 0.4) is 0 Å². The molecule has 0 radical (unpaired) electrons. The highest BCUT2D eigenvalue weighted by Crippen LogP contribution is 2.16. The summed E-state index contributed by atoms with van der Waals surface area (Å²) in [7, 11) is 0. The highest BCUT2D eigenvalue weighted by atomic mass is 16.1. The molecule has 0 saturated heterocycles. The van der Waals surface area contributed by atoms with E-state index < -0.39 is 0 Å². The van der Waals surface area contributed by atoms with Crippen LogP contribution < -0.4 is 10.6 Å². The number of carbonyl (C=O) groups excluding carboxylic acids is 1. The molecule has 0 bridgehead atoms. The molecule has 1 aromatic carbocycles. The monoisotopic (exact) mass is 269 g/mol. The fourth-order valence-electron chi connectivity index (χ4n) is 1.90. The molecule has 0 aliphatic carbocycles. The third kappa shape index (κ3) is 3.57. The summed E-state index contributed by atoms with van der Waals surface area (Å²) in [4.78, 5) is 16.6. The van der Waals surface area contributed by atoms with Crippen LogP contribution in [0, 0.1) is 6.92 Å². The van der Waals surface area contributed by atoms with Crippen LogP contribution in [0.15, 0.2) is 42.6 Å². The molecule has 2 aromatic rings. The summed E-state index contributed by atoms with van der Waals surface area (Å²) in [6.45, 7) is 6.01. The molecule has 0 aliphatic rings. The molecule has 0 fully saturated rings. The minimum Gasteiger partial charge on any atom is -0.367 e. The van der Waals surface area contributed by atoms with E-state index in [0.29, 0.717) is 11.4 Å². The average Bonchev–Trinajstić information content (AvgIpc) is 2.38. The Balaban J connectivity index is 2.21. The third-order valence-corrected chi connectivity index (χ3v) is 2.75. The number of benzene rings is 1. The first-order valence-corrected chi connectivity index (χ1v) is 6.66. The summed E-state index contributed by atoms with van der Waals surface area (Å²) in [5, 5.41) is 6.07. The molecule has 0 saturated carbocycles. The maximum atomic E-state index is 12.3. The number of rotatable bonds is 4. The topological polar surface area (TPSA) is 54.0 Å². The normalized spacial score (nSPS) is 10.4. The zero-order valence-electron chi connectivity index (χ0n) is 12.0. The van der Waals surface area contributed by atoms with Crippen molar-refractivity contribution < 1.29 is 4.79 Å². The number of hydrogen-bond acceptors (Lipinski definition) is 3. The predicted octanol–water partition coefficient (Wildman–Crippen LogP) is 3.46. The second-order valence-electron chi connectivity index (χ2n) is 5.02. The molecule has 1 heterocycles. The van der Waals surface area contributed by atoms with Gasteiger partial charge in [0.05, 0.1) is 5.56 Å². The zero-order chi connectivity index (χ0) is 14.5. The van der Waals surface area contributed by atoms with Crippen molar-refractivity contribution >= 4 is 17.4 Å². The molecule has 0 unspecified atom stereocenters. The van der Waals surface area contributed by atoms with Gasteiger partial charge in [0, 0.05) is 17.9 Å². The summed E-state index contributed by atoms with van der Waals surface area (Å²) < 4.78 is 0. The molecular formula is C16H19N3O. The quantitative estimate of drug-likeness (QED) is 0.893. The molecule has 1 aromatic heterocycles. The van der Waals surface area contributed by atoms with E-state index in [0.717, 1.165) is 11.3 Å². The van der Waals surface area contributed by atoms with Crippen LogP contribution >= 0.6 is 0 Å². The number of carbonyl (C=O) groups is 1. The molecule has 1 amide bonds. The minimum absolute atomic E-state index is 0.160. The lowest BCUT2D eigenvalue weighted by molar-refractivity contribution is 0.102. The molecule has 4 nitrogen and oxygen atoms in total. The predicted molar refractivity (Wildman–Crippen MR) is 82.1 cm³/mol. The van der Waals surface area contributed by atoms with E-state index in [2.05, 4.69) is 15.6 Å². The molecule has 0 atom stereocenters. The van der Waals surface area contributed by atoms with Gasteiger partial charge in [-0.1, -0.05) is 12.1 Å². The number of nitrogens with one attached hydrogen (secondary N) is 2. The van der Waals surface area contributed by atoms with Crippen LogP contribution in [0.25, 0.3) is 0 Å². The lowest BCUT2D eigenvalue weighted by Crippen LogP contribution is -2.18. The molecule has 4 heteroatoms. The van der Waals surface area contributed by atoms with Gasteiger partial charge in [-0.05, 0) is 50.6 Å². The third-order valence-electron chi connectivity index (χ3n) is 2.75. The van der Waals surface area contributed by atoms with E-state index in [9.17, 15) is 4.79 Å². The number of anilines is 2. The Morgan fingerprint density at radius 1 is 1.20 bits per heavy atom. The van der Waals surface area contributed by atoms with Crippen molar-refractivity contribution in [1.29, 1.82) is 0 Å². The van der Waals surface area contributed by atoms with Gasteiger partial charge in [-0.25, -0.2) is 4.98 Å². The van der Waals surface area contributed by atoms with Gasteiger partial charge in [0.1, 0.15) is 5.82 Å². The second kappa shape index (κ2) is 6.19. The van der Waals surface area contributed by atoms with Gasteiger partial charge in [-0.3, -0.25) is 4.79 Å². The minimum atomic E-state index is -0.160. The van der Waals surface area contributed by atoms with Crippen molar-refractivity contribution in [2.45, 2.75) is 26.8 Å². The lowest BCUT2D eigenvalue weighted by Gasteiger charge is -2.13. The Morgan fingerprint density at radius 2 is 2.00 bits per heavy atom. The molecule has 0 spiro atoms. The Kier molecular flexibility index (Phi) is 4.35. The summed E-state index contributed by atoms with van der Waals surface area (Å²) in [6.07, 6.45) is 1.67. The number of nitrogens with zero attached hydrogens (tertiary/aromatic N) is 1. The van der Waals surface area contributed by atoms with Crippen LogP contribution in [0.2, 0.25) is 0 Å². The number of aryl methyl sites for hydroxylation is 1. The van der Waals surface area contributed by atoms with Crippen LogP contribution in [-0.2, 0) is 0 Å². The van der Waals surface area contributed by atoms with Crippen LogP contribution in [0.5, 0.6) is 0 Å². The maximum absolute atomic E-state index is 12.3. The molecule has 2 rings (SSSR count). The summed E-state index contributed by atoms with van der Waals surface area (Å²) >= 11 is 0. The van der Waals surface area contributed by atoms with Gasteiger partial charge in [-0.15, -0.1) is 0 Å². The van der Waals surface area contributed by atoms with E-state index in [1.54, 1.807) is 18.3 Å². The van der Waals surface area contributed by atoms with Crippen molar-refractivity contribution in [3.8, 4) is 0 Å². The first-order chi connectivity index (χ1) is 9.56. The van der Waals surface area contributed by atoms with Gasteiger partial charge in [0.2, 0.25) is 0 Å². The second-order valence-corrected chi connectivity index (χ2v) is 5.02. The van der Waals surface area contributed by atoms with Gasteiger partial charge in [-0.2, -0.15) is 0 Å². The number of aromatic nitrogens is 1. The Bertz CT molecular complexity index is 608. The van der Waals surface area contributed by atoms with E-state index in [-0.39, 0.29) is 11.9 Å². The number of amides is 1. The zero-order valence-corrected chi connectivity index (χ0v) is 12.0. The number of hydrogen-bond donors (Lipinski definition) is 2. The van der Waals surface area contributed by atoms with Gasteiger partial charge in [0.15, 0.2) is 0 Å². The lowest BCUT2D eigenvalue weighted by atomic mass is 10.2. The van der Waals surface area contributed by atoms with Crippen molar-refractivity contribution in [3.05, 3.63) is 53.7 Å². The molecular weight excluding hydrogens is 250 g/mol. The molecule has 104 valence electrons. The van der Waals surface area contributed by atoms with Gasteiger partial charge < -0.3 is 10.6 Å². The molecule has 0 aliphatic heterocycles. The fraction of sp³-hybridized carbons (Fsp3) is 0.250. The SMILES string of the molecule is Cc1cccc(NC(=O)c2cccnc2NC(C)C)c1. The molecule has 2 N–H and O–H groups in total. The van der Waals surface area contributed by atoms with E-state index in [1.165, 1.54) is 0 Å². The van der Waals surface area contributed by atoms with E-state index >= 15 is 0 Å². The van der Waals surface area contributed by atoms with Crippen LogP contribution in [-0.4, -0.2) is 16.9 Å². The first kappa shape index (κ1) is 14.1. The van der Waals surface area contributed by atoms with Gasteiger partial charge >= 0.3 is 0 Å². The van der Waals surface area contributed by atoms with Crippen molar-refractivity contribution in [1.82, 2.24) is 4.98 Å². The van der Waals surface area contributed by atoms with Crippen molar-refractivity contribution in [2.75, 3.05) is 10.6 Å². The largest absolute Gasteiger partial charge is 0.367 e.